The first kappa shape index (κ1) is 9.08. The van der Waals surface area contributed by atoms with Crippen LogP contribution in [0.2, 0.25) is 0 Å². The number of aromatic nitrogens is 3. The van der Waals surface area contributed by atoms with Gasteiger partial charge in [0, 0.05) is 25.0 Å². The molecule has 72 valence electrons. The van der Waals surface area contributed by atoms with E-state index < -0.39 is 0 Å². The van der Waals surface area contributed by atoms with E-state index in [2.05, 4.69) is 19.0 Å². The molecule has 0 aliphatic rings. The molecule has 0 fully saturated rings. The van der Waals surface area contributed by atoms with Gasteiger partial charge >= 0.3 is 0 Å². The number of nitrogens with zero attached hydrogens (tertiary/aromatic N) is 3. The Bertz CT molecular complexity index is 438. The largest absolute Gasteiger partial charge is 0.370 e. The van der Waals surface area contributed by atoms with Crippen molar-refractivity contribution in [2.24, 2.45) is 0 Å². The molecular formula is C9H10N4S. The van der Waals surface area contributed by atoms with Gasteiger partial charge in [0.05, 0.1) is 11.7 Å². The van der Waals surface area contributed by atoms with E-state index in [1.165, 1.54) is 11.7 Å². The molecular weight excluding hydrogens is 196 g/mol. The van der Waals surface area contributed by atoms with Gasteiger partial charge in [-0.25, -0.2) is 0 Å². The Kier molecular flexibility index (Phi) is 2.41. The zero-order valence-corrected chi connectivity index (χ0v) is 8.80. The molecule has 2 aromatic heterocycles. The van der Waals surface area contributed by atoms with Crippen molar-refractivity contribution in [1.82, 2.24) is 13.7 Å². The summed E-state index contributed by atoms with van der Waals surface area (Å²) in [6, 6.07) is 1.97. The van der Waals surface area contributed by atoms with Crippen LogP contribution >= 0.6 is 11.7 Å². The van der Waals surface area contributed by atoms with Crippen LogP contribution in [0.25, 0.3) is 11.3 Å². The first-order chi connectivity index (χ1) is 6.83. The van der Waals surface area contributed by atoms with Gasteiger partial charge in [0.1, 0.15) is 5.69 Å². The summed E-state index contributed by atoms with van der Waals surface area (Å²) in [6.45, 7) is 2.04. The van der Waals surface area contributed by atoms with Crippen LogP contribution in [-0.4, -0.2) is 20.8 Å². The number of pyridine rings is 1. The summed E-state index contributed by atoms with van der Waals surface area (Å²) in [7, 11) is 1.84. The molecule has 4 nitrogen and oxygen atoms in total. The van der Waals surface area contributed by atoms with E-state index in [1.807, 2.05) is 26.2 Å². The lowest BCUT2D eigenvalue weighted by atomic mass is 10.1. The van der Waals surface area contributed by atoms with Crippen LogP contribution in [0.15, 0.2) is 18.5 Å². The molecule has 0 spiro atoms. The third-order valence-corrected chi connectivity index (χ3v) is 2.55. The minimum absolute atomic E-state index is 0.811. The summed E-state index contributed by atoms with van der Waals surface area (Å²) in [5, 5.41) is 3.01. The lowest BCUT2D eigenvalue weighted by Gasteiger charge is -2.02. The first-order valence-electron chi connectivity index (χ1n) is 4.24. The third kappa shape index (κ3) is 1.46. The van der Waals surface area contributed by atoms with Gasteiger partial charge in [-0.2, -0.15) is 8.75 Å². The van der Waals surface area contributed by atoms with Crippen LogP contribution in [0.4, 0.5) is 5.82 Å². The predicted octanol–water partition coefficient (Wildman–Crippen LogP) is 1.95. The van der Waals surface area contributed by atoms with Crippen molar-refractivity contribution in [2.45, 2.75) is 6.92 Å². The minimum atomic E-state index is 0.811. The Morgan fingerprint density at radius 1 is 1.36 bits per heavy atom. The summed E-state index contributed by atoms with van der Waals surface area (Å²) in [5.74, 6) is 0.811. The second kappa shape index (κ2) is 3.71. The fraction of sp³-hybridized carbons (Fsp3) is 0.222. The zero-order chi connectivity index (χ0) is 9.97. The molecule has 0 saturated heterocycles. The smallest absolute Gasteiger partial charge is 0.167 e. The summed E-state index contributed by atoms with van der Waals surface area (Å²) in [5.41, 5.74) is 3.07. The molecule has 5 heteroatoms. The SMILES string of the molecule is CNc1nsnc1-c1cnccc1C. The van der Waals surface area contributed by atoms with Gasteiger partial charge in [-0.3, -0.25) is 4.98 Å². The maximum Gasteiger partial charge on any atom is 0.167 e. The van der Waals surface area contributed by atoms with Gasteiger partial charge in [0.15, 0.2) is 5.82 Å². The quantitative estimate of drug-likeness (QED) is 0.816. The summed E-state index contributed by atoms with van der Waals surface area (Å²) < 4.78 is 8.39. The maximum absolute atomic E-state index is 4.25. The zero-order valence-electron chi connectivity index (χ0n) is 7.98. The molecule has 0 unspecified atom stereocenters. The Morgan fingerprint density at radius 2 is 2.21 bits per heavy atom. The highest BCUT2D eigenvalue weighted by atomic mass is 32.1. The van der Waals surface area contributed by atoms with Crippen molar-refractivity contribution in [1.29, 1.82) is 0 Å². The lowest BCUT2D eigenvalue weighted by molar-refractivity contribution is 1.27. The molecule has 0 amide bonds. The molecule has 1 N–H and O–H groups in total. The number of hydrogen-bond acceptors (Lipinski definition) is 5. The highest BCUT2D eigenvalue weighted by Gasteiger charge is 2.10. The summed E-state index contributed by atoms with van der Waals surface area (Å²) >= 11 is 1.20. The second-order valence-corrected chi connectivity index (χ2v) is 3.43. The lowest BCUT2D eigenvalue weighted by Crippen LogP contribution is -1.92. The number of anilines is 1. The van der Waals surface area contributed by atoms with E-state index in [1.54, 1.807) is 6.20 Å². The predicted molar refractivity (Wildman–Crippen MR) is 57.4 cm³/mol. The van der Waals surface area contributed by atoms with Crippen molar-refractivity contribution in [3.05, 3.63) is 24.0 Å². The number of rotatable bonds is 2. The van der Waals surface area contributed by atoms with Crippen molar-refractivity contribution in [3.8, 4) is 11.3 Å². The Hall–Kier alpha value is -1.49. The number of nitrogens with one attached hydrogen (secondary N) is 1. The van der Waals surface area contributed by atoms with E-state index in [0.29, 0.717) is 0 Å². The van der Waals surface area contributed by atoms with Gasteiger partial charge in [0.25, 0.3) is 0 Å². The van der Waals surface area contributed by atoms with Gasteiger partial charge in [-0.1, -0.05) is 0 Å². The molecule has 0 aromatic carbocycles. The van der Waals surface area contributed by atoms with Crippen LogP contribution in [0.5, 0.6) is 0 Å². The molecule has 14 heavy (non-hydrogen) atoms. The second-order valence-electron chi connectivity index (χ2n) is 2.90. The van der Waals surface area contributed by atoms with E-state index in [-0.39, 0.29) is 0 Å². The average Bonchev–Trinajstić information content (AvgIpc) is 2.66. The molecule has 0 aliphatic heterocycles. The topological polar surface area (TPSA) is 50.7 Å². The van der Waals surface area contributed by atoms with Crippen LogP contribution in [0.3, 0.4) is 0 Å². The normalized spacial score (nSPS) is 10.1. The van der Waals surface area contributed by atoms with E-state index in [9.17, 15) is 0 Å². The molecule has 0 bridgehead atoms. The molecule has 2 aromatic rings. The van der Waals surface area contributed by atoms with Gasteiger partial charge in [-0.15, -0.1) is 0 Å². The van der Waals surface area contributed by atoms with E-state index in [4.69, 9.17) is 0 Å². The van der Waals surface area contributed by atoms with E-state index in [0.717, 1.165) is 22.6 Å². The van der Waals surface area contributed by atoms with Crippen LogP contribution in [-0.2, 0) is 0 Å². The average molecular weight is 206 g/mol. The molecule has 0 saturated carbocycles. The van der Waals surface area contributed by atoms with Gasteiger partial charge in [0.2, 0.25) is 0 Å². The first-order valence-corrected chi connectivity index (χ1v) is 4.97. The van der Waals surface area contributed by atoms with Crippen LogP contribution < -0.4 is 5.32 Å². The maximum atomic E-state index is 4.25. The van der Waals surface area contributed by atoms with Crippen molar-refractivity contribution < 1.29 is 0 Å². The Morgan fingerprint density at radius 3 is 2.93 bits per heavy atom. The molecule has 0 radical (unpaired) electrons. The summed E-state index contributed by atoms with van der Waals surface area (Å²) in [4.78, 5) is 4.09. The van der Waals surface area contributed by atoms with E-state index >= 15 is 0 Å². The van der Waals surface area contributed by atoms with Crippen molar-refractivity contribution in [2.75, 3.05) is 12.4 Å². The van der Waals surface area contributed by atoms with Crippen LogP contribution in [0.1, 0.15) is 5.56 Å². The molecule has 2 heterocycles. The van der Waals surface area contributed by atoms with Gasteiger partial charge < -0.3 is 5.32 Å². The van der Waals surface area contributed by atoms with Crippen LogP contribution in [0, 0.1) is 6.92 Å². The highest BCUT2D eigenvalue weighted by molar-refractivity contribution is 6.99. The summed E-state index contributed by atoms with van der Waals surface area (Å²) in [6.07, 6.45) is 3.59. The molecule has 2 rings (SSSR count). The highest BCUT2D eigenvalue weighted by Crippen LogP contribution is 2.27. The molecule has 0 atom stereocenters. The monoisotopic (exact) mass is 206 g/mol. The van der Waals surface area contributed by atoms with Crippen molar-refractivity contribution >= 4 is 17.5 Å². The van der Waals surface area contributed by atoms with Crippen molar-refractivity contribution in [3.63, 3.8) is 0 Å². The van der Waals surface area contributed by atoms with Gasteiger partial charge in [-0.05, 0) is 18.6 Å². The number of hydrogen-bond donors (Lipinski definition) is 1. The molecule has 0 aliphatic carbocycles. The minimum Gasteiger partial charge on any atom is -0.370 e. The fourth-order valence-electron chi connectivity index (χ4n) is 1.24. The number of aryl methyl sites for hydroxylation is 1. The fourth-order valence-corrected chi connectivity index (χ4v) is 1.81. The third-order valence-electron chi connectivity index (χ3n) is 2.02. The standard InChI is InChI=1S/C9H10N4S/c1-6-3-4-11-5-7(6)8-9(10-2)13-14-12-8/h3-5H,1-2H3,(H,10,13). The Balaban J connectivity index is 2.54. The Labute approximate surface area is 86.3 Å².